The quantitative estimate of drug-likeness (QED) is 0.293. The Balaban J connectivity index is 0.00000625. The largest absolute Gasteiger partial charge is 1.00 e. The second kappa shape index (κ2) is 14.0. The molecule has 26 heavy (non-hydrogen) atoms. The molecule has 0 aliphatic rings. The minimum absolute atomic E-state index is 0. The molecule has 0 saturated carbocycles. The van der Waals surface area contributed by atoms with E-state index >= 15 is 0 Å². The van der Waals surface area contributed by atoms with Gasteiger partial charge in [0, 0.05) is 0 Å². The molecule has 0 saturated heterocycles. The van der Waals surface area contributed by atoms with Gasteiger partial charge >= 0.3 is 29.6 Å². The van der Waals surface area contributed by atoms with Crippen molar-refractivity contribution in [1.29, 1.82) is 0 Å². The predicted octanol–water partition coefficient (Wildman–Crippen LogP) is 2.21. The fourth-order valence-corrected chi connectivity index (χ4v) is 3.63. The first-order chi connectivity index (χ1) is 11.9. The second-order valence-corrected chi connectivity index (χ2v) is 8.20. The fourth-order valence-electron chi connectivity index (χ4n) is 2.88. The molecule has 0 amide bonds. The molecule has 4 nitrogen and oxygen atoms in total. The van der Waals surface area contributed by atoms with Gasteiger partial charge in [0.15, 0.2) is 5.44 Å². The summed E-state index contributed by atoms with van der Waals surface area (Å²) in [7, 11) is -4.47. The Labute approximate surface area is 182 Å². The van der Waals surface area contributed by atoms with Gasteiger partial charge in [-0.3, -0.25) is 0 Å². The van der Waals surface area contributed by atoms with E-state index in [9.17, 15) is 13.0 Å². The van der Waals surface area contributed by atoms with Gasteiger partial charge in [0.25, 0.3) is 0 Å². The van der Waals surface area contributed by atoms with Gasteiger partial charge in [-0.05, 0) is 49.3 Å². The molecule has 144 valence electrons. The zero-order valence-electron chi connectivity index (χ0n) is 16.9. The van der Waals surface area contributed by atoms with Crippen molar-refractivity contribution >= 4 is 10.1 Å². The van der Waals surface area contributed by atoms with Crippen LogP contribution in [0.15, 0.2) is 18.2 Å². The average Bonchev–Trinajstić information content (AvgIpc) is 2.56. The van der Waals surface area contributed by atoms with Crippen molar-refractivity contribution < 1.29 is 47.3 Å². The van der Waals surface area contributed by atoms with E-state index in [4.69, 9.17) is 4.74 Å². The molecule has 0 spiro atoms. The molecule has 0 N–H and O–H groups in total. The number of rotatable bonds is 13. The van der Waals surface area contributed by atoms with Crippen LogP contribution >= 0.6 is 0 Å². The molecule has 0 heterocycles. The van der Waals surface area contributed by atoms with E-state index < -0.39 is 15.6 Å². The van der Waals surface area contributed by atoms with Gasteiger partial charge in [-0.15, -0.1) is 0 Å². The Kier molecular flexibility index (Phi) is 14.0. The molecule has 0 radical (unpaired) electrons. The van der Waals surface area contributed by atoms with Gasteiger partial charge in [0.1, 0.15) is 15.9 Å². The first-order valence-electron chi connectivity index (χ1n) is 9.65. The van der Waals surface area contributed by atoms with E-state index in [1.54, 1.807) is 0 Å². The summed E-state index contributed by atoms with van der Waals surface area (Å²) < 4.78 is 40.0. The minimum atomic E-state index is -4.47. The number of unbranched alkanes of at least 4 members (excludes halogenated alkanes) is 4. The smallest absolute Gasteiger partial charge is 0.745 e. The maximum Gasteiger partial charge on any atom is 1.00 e. The van der Waals surface area contributed by atoms with Crippen LogP contribution < -0.4 is 34.3 Å². The van der Waals surface area contributed by atoms with Crippen LogP contribution in [0, 0.1) is 0 Å². The predicted molar refractivity (Wildman–Crippen MR) is 102 cm³/mol. The Morgan fingerprint density at radius 3 is 2.12 bits per heavy atom. The Morgan fingerprint density at radius 2 is 1.58 bits per heavy atom. The van der Waals surface area contributed by atoms with Crippen molar-refractivity contribution in [2.75, 3.05) is 0 Å². The summed E-state index contributed by atoms with van der Waals surface area (Å²) in [5.41, 5.74) is 0.977. The van der Waals surface area contributed by atoms with Gasteiger partial charge in [0.05, 0.1) is 0 Å². The van der Waals surface area contributed by atoms with Crippen molar-refractivity contribution in [2.45, 2.75) is 90.4 Å². The molecule has 1 rings (SSSR count). The van der Waals surface area contributed by atoms with Crippen LogP contribution in [0.2, 0.25) is 0 Å². The summed E-state index contributed by atoms with van der Waals surface area (Å²) in [6.45, 7) is 6.19. The normalized spacial score (nSPS) is 12.5. The number of hydrogen-bond donors (Lipinski definition) is 0. The number of benzene rings is 1. The van der Waals surface area contributed by atoms with E-state index in [1.807, 2.05) is 19.1 Å². The number of aryl methyl sites for hydroxylation is 2. The molecular formula is C20H33NaO4S. The molecule has 0 bridgehead atoms. The van der Waals surface area contributed by atoms with Crippen molar-refractivity contribution in [1.82, 2.24) is 0 Å². The van der Waals surface area contributed by atoms with Crippen LogP contribution in [0.1, 0.15) is 83.3 Å². The van der Waals surface area contributed by atoms with E-state index in [0.717, 1.165) is 44.1 Å². The summed E-state index contributed by atoms with van der Waals surface area (Å²) in [5.74, 6) is 0.549. The van der Waals surface area contributed by atoms with Crippen LogP contribution in [0.5, 0.6) is 5.75 Å². The summed E-state index contributed by atoms with van der Waals surface area (Å²) >= 11 is 0. The van der Waals surface area contributed by atoms with Crippen LogP contribution in [0.25, 0.3) is 0 Å². The maximum atomic E-state index is 11.5. The van der Waals surface area contributed by atoms with Crippen LogP contribution in [0.4, 0.5) is 0 Å². The summed E-state index contributed by atoms with van der Waals surface area (Å²) in [6, 6.07) is 5.96. The maximum absolute atomic E-state index is 11.5. The van der Waals surface area contributed by atoms with Gasteiger partial charge in [-0.25, -0.2) is 8.42 Å². The molecule has 0 aliphatic carbocycles. The molecule has 0 aromatic heterocycles. The fraction of sp³-hybridized carbons (Fsp3) is 0.700. The monoisotopic (exact) mass is 392 g/mol. The Morgan fingerprint density at radius 1 is 0.962 bits per heavy atom. The summed E-state index contributed by atoms with van der Waals surface area (Å²) in [4.78, 5) is 0. The Bertz CT molecular complexity index is 602. The molecule has 0 aliphatic heterocycles. The van der Waals surface area contributed by atoms with Crippen LogP contribution in [-0.4, -0.2) is 18.4 Å². The second-order valence-electron chi connectivity index (χ2n) is 6.69. The van der Waals surface area contributed by atoms with Gasteiger partial charge in [0.2, 0.25) is 0 Å². The zero-order valence-corrected chi connectivity index (χ0v) is 19.7. The third kappa shape index (κ3) is 9.75. The van der Waals surface area contributed by atoms with E-state index in [2.05, 4.69) is 19.9 Å². The standard InChI is InChI=1S/C20H34O4S.Na/c1-4-7-9-12-17-14-15-19(18(16-17)13-10-8-5-2)24-20(11-6-3)25(21,22)23;/h14-16,20H,4-13H2,1-3H3,(H,21,22,23);/q;+1/p-1. The van der Waals surface area contributed by atoms with Gasteiger partial charge in [-0.2, -0.15) is 0 Å². The third-order valence-electron chi connectivity index (χ3n) is 4.35. The molecule has 0 fully saturated rings. The molecule has 6 heteroatoms. The van der Waals surface area contributed by atoms with Crippen molar-refractivity contribution in [3.63, 3.8) is 0 Å². The van der Waals surface area contributed by atoms with Crippen LogP contribution in [-0.2, 0) is 23.0 Å². The number of hydrogen-bond acceptors (Lipinski definition) is 4. The molecule has 1 aromatic carbocycles. The third-order valence-corrected chi connectivity index (χ3v) is 5.32. The summed E-state index contributed by atoms with van der Waals surface area (Å²) in [5, 5.41) is 0. The minimum Gasteiger partial charge on any atom is -0.745 e. The first kappa shape index (κ1) is 25.9. The molecule has 1 atom stereocenters. The zero-order chi connectivity index (χ0) is 18.7. The van der Waals surface area contributed by atoms with E-state index in [1.165, 1.54) is 18.4 Å². The molecular weight excluding hydrogens is 359 g/mol. The van der Waals surface area contributed by atoms with Crippen molar-refractivity contribution in [2.24, 2.45) is 0 Å². The molecule has 1 unspecified atom stereocenters. The van der Waals surface area contributed by atoms with Crippen molar-refractivity contribution in [3.05, 3.63) is 29.3 Å². The van der Waals surface area contributed by atoms with E-state index in [-0.39, 0.29) is 36.0 Å². The van der Waals surface area contributed by atoms with E-state index in [0.29, 0.717) is 12.2 Å². The summed E-state index contributed by atoms with van der Waals surface area (Å²) in [6.07, 6.45) is 9.51. The van der Waals surface area contributed by atoms with Crippen LogP contribution in [0.3, 0.4) is 0 Å². The average molecular weight is 393 g/mol. The Hall–Kier alpha value is -0.0700. The van der Waals surface area contributed by atoms with Gasteiger partial charge in [-0.1, -0.05) is 65.0 Å². The topological polar surface area (TPSA) is 66.4 Å². The number of ether oxygens (including phenoxy) is 1. The molecule has 1 aromatic rings. The van der Waals surface area contributed by atoms with Crippen molar-refractivity contribution in [3.8, 4) is 5.75 Å². The SMILES string of the molecule is CCCCCc1ccc(OC(CCC)S(=O)(=O)[O-])c(CCCCC)c1.[Na+]. The first-order valence-corrected chi connectivity index (χ1v) is 11.1. The van der Waals surface area contributed by atoms with Gasteiger partial charge < -0.3 is 9.29 Å².